The van der Waals surface area contributed by atoms with Crippen LogP contribution in [0.4, 0.5) is 5.69 Å². The highest BCUT2D eigenvalue weighted by Gasteiger charge is 2.30. The molecule has 7 heteroatoms. The fourth-order valence-corrected chi connectivity index (χ4v) is 4.08. The van der Waals surface area contributed by atoms with Gasteiger partial charge >= 0.3 is 0 Å². The van der Waals surface area contributed by atoms with E-state index in [0.29, 0.717) is 32.4 Å². The largest absolute Gasteiger partial charge is 0.398 e. The second kappa shape index (κ2) is 5.80. The topological polar surface area (TPSA) is 106 Å². The summed E-state index contributed by atoms with van der Waals surface area (Å²) in [6.07, 6.45) is 1.62. The first-order valence-corrected chi connectivity index (χ1v) is 7.98. The summed E-state index contributed by atoms with van der Waals surface area (Å²) < 4.78 is 26.4. The monoisotopic (exact) mass is 297 g/mol. The summed E-state index contributed by atoms with van der Waals surface area (Å²) in [7, 11) is -3.55. The zero-order valence-corrected chi connectivity index (χ0v) is 12.0. The number of benzene rings is 1. The smallest absolute Gasteiger partial charge is 0.245 e. The van der Waals surface area contributed by atoms with Gasteiger partial charge in [0.2, 0.25) is 15.9 Å². The predicted octanol–water partition coefficient (Wildman–Crippen LogP) is 0.545. The van der Waals surface area contributed by atoms with Crippen molar-refractivity contribution in [3.05, 3.63) is 24.3 Å². The first-order valence-electron chi connectivity index (χ1n) is 6.54. The number of carbonyl (C=O) groups is 1. The lowest BCUT2D eigenvalue weighted by atomic mass is 9.94. The number of sulfonamides is 1. The van der Waals surface area contributed by atoms with E-state index >= 15 is 0 Å². The van der Waals surface area contributed by atoms with Crippen molar-refractivity contribution in [2.45, 2.75) is 24.2 Å². The lowest BCUT2D eigenvalue weighted by Gasteiger charge is -2.30. The molecule has 1 aliphatic rings. The SMILES string of the molecule is NC(=O)CC1CCN(S(=O)(=O)c2ccccc2N)CC1. The highest BCUT2D eigenvalue weighted by Crippen LogP contribution is 2.27. The number of piperidine rings is 1. The Balaban J connectivity index is 2.10. The van der Waals surface area contributed by atoms with Crippen LogP contribution in [0, 0.1) is 5.92 Å². The van der Waals surface area contributed by atoms with Crippen molar-refractivity contribution in [2.24, 2.45) is 11.7 Å². The Bertz CT molecular complexity index is 593. The number of anilines is 1. The lowest BCUT2D eigenvalue weighted by Crippen LogP contribution is -2.39. The fraction of sp³-hybridized carbons (Fsp3) is 0.462. The average molecular weight is 297 g/mol. The Kier molecular flexibility index (Phi) is 4.29. The molecule has 1 aromatic carbocycles. The summed E-state index contributed by atoms with van der Waals surface area (Å²) in [5.41, 5.74) is 11.2. The molecule has 1 aliphatic heterocycles. The van der Waals surface area contributed by atoms with Crippen molar-refractivity contribution in [3.63, 3.8) is 0 Å². The number of hydrogen-bond donors (Lipinski definition) is 2. The van der Waals surface area contributed by atoms with E-state index in [-0.39, 0.29) is 22.4 Å². The molecule has 0 aromatic heterocycles. The number of nitrogen functional groups attached to an aromatic ring is 1. The lowest BCUT2D eigenvalue weighted by molar-refractivity contribution is -0.119. The molecule has 0 radical (unpaired) electrons. The Morgan fingerprint density at radius 3 is 2.40 bits per heavy atom. The molecule has 1 fully saturated rings. The third-order valence-corrected chi connectivity index (χ3v) is 5.57. The summed E-state index contributed by atoms with van der Waals surface area (Å²) in [5, 5.41) is 0. The second-order valence-corrected chi connectivity index (χ2v) is 6.96. The third kappa shape index (κ3) is 3.10. The quantitative estimate of drug-likeness (QED) is 0.791. The predicted molar refractivity (Wildman–Crippen MR) is 76.1 cm³/mol. The zero-order valence-electron chi connectivity index (χ0n) is 11.2. The molecule has 0 saturated carbocycles. The van der Waals surface area contributed by atoms with Crippen LogP contribution >= 0.6 is 0 Å². The molecular formula is C13H19N3O3S. The average Bonchev–Trinajstić information content (AvgIpc) is 2.39. The number of nitrogens with two attached hydrogens (primary N) is 2. The van der Waals surface area contributed by atoms with E-state index in [9.17, 15) is 13.2 Å². The minimum absolute atomic E-state index is 0.147. The summed E-state index contributed by atoms with van der Waals surface area (Å²) in [4.78, 5) is 11.0. The van der Waals surface area contributed by atoms with Crippen LogP contribution in [0.25, 0.3) is 0 Å². The van der Waals surface area contributed by atoms with Gasteiger partial charge in [-0.05, 0) is 30.9 Å². The van der Waals surface area contributed by atoms with Crippen molar-refractivity contribution in [1.82, 2.24) is 4.31 Å². The number of hydrogen-bond acceptors (Lipinski definition) is 4. The van der Waals surface area contributed by atoms with E-state index in [1.54, 1.807) is 18.2 Å². The number of amides is 1. The van der Waals surface area contributed by atoms with Gasteiger partial charge in [0.15, 0.2) is 0 Å². The first kappa shape index (κ1) is 14.8. The van der Waals surface area contributed by atoms with Crippen LogP contribution in [-0.4, -0.2) is 31.7 Å². The number of primary amides is 1. The van der Waals surface area contributed by atoms with E-state index in [4.69, 9.17) is 11.5 Å². The molecule has 1 amide bonds. The summed E-state index contributed by atoms with van der Waals surface area (Å²) in [6, 6.07) is 6.45. The van der Waals surface area contributed by atoms with Crippen LogP contribution in [0.15, 0.2) is 29.2 Å². The summed E-state index contributed by atoms with van der Waals surface area (Å²) in [6.45, 7) is 0.795. The van der Waals surface area contributed by atoms with Crippen LogP contribution in [0.5, 0.6) is 0 Å². The maximum Gasteiger partial charge on any atom is 0.245 e. The van der Waals surface area contributed by atoms with Gasteiger partial charge in [-0.15, -0.1) is 0 Å². The molecule has 0 bridgehead atoms. The molecule has 0 spiro atoms. The summed E-state index contributed by atoms with van der Waals surface area (Å²) in [5.74, 6) is -0.161. The molecule has 1 saturated heterocycles. The van der Waals surface area contributed by atoms with Gasteiger partial charge in [0.25, 0.3) is 0 Å². The van der Waals surface area contributed by atoms with Crippen LogP contribution in [0.3, 0.4) is 0 Å². The van der Waals surface area contributed by atoms with E-state index in [1.807, 2.05) is 0 Å². The van der Waals surface area contributed by atoms with Crippen molar-refractivity contribution in [3.8, 4) is 0 Å². The van der Waals surface area contributed by atoms with Crippen LogP contribution < -0.4 is 11.5 Å². The normalized spacial score (nSPS) is 18.0. The molecule has 0 aliphatic carbocycles. The number of rotatable bonds is 4. The van der Waals surface area contributed by atoms with Crippen LogP contribution in [0.1, 0.15) is 19.3 Å². The molecule has 20 heavy (non-hydrogen) atoms. The van der Waals surface area contributed by atoms with Crippen LogP contribution in [-0.2, 0) is 14.8 Å². The highest BCUT2D eigenvalue weighted by atomic mass is 32.2. The molecular weight excluding hydrogens is 278 g/mol. The first-order chi connectivity index (χ1) is 9.41. The van der Waals surface area contributed by atoms with Gasteiger partial charge in [-0.3, -0.25) is 4.79 Å². The number of nitrogens with zero attached hydrogens (tertiary/aromatic N) is 1. The van der Waals surface area contributed by atoms with Gasteiger partial charge in [0.05, 0.1) is 5.69 Å². The third-order valence-electron chi connectivity index (χ3n) is 3.60. The molecule has 1 heterocycles. The van der Waals surface area contributed by atoms with Gasteiger partial charge in [-0.2, -0.15) is 4.31 Å². The maximum absolute atomic E-state index is 12.5. The molecule has 2 rings (SSSR count). The molecule has 6 nitrogen and oxygen atoms in total. The molecule has 110 valence electrons. The minimum Gasteiger partial charge on any atom is -0.398 e. The van der Waals surface area contributed by atoms with E-state index in [2.05, 4.69) is 0 Å². The van der Waals surface area contributed by atoms with Gasteiger partial charge in [0, 0.05) is 19.5 Å². The number of para-hydroxylation sites is 1. The minimum atomic E-state index is -3.55. The molecule has 4 N–H and O–H groups in total. The van der Waals surface area contributed by atoms with Gasteiger partial charge in [-0.1, -0.05) is 12.1 Å². The van der Waals surface area contributed by atoms with E-state index < -0.39 is 10.0 Å². The number of carbonyl (C=O) groups excluding carboxylic acids is 1. The Morgan fingerprint density at radius 1 is 1.25 bits per heavy atom. The molecule has 0 unspecified atom stereocenters. The zero-order chi connectivity index (χ0) is 14.8. The maximum atomic E-state index is 12.5. The van der Waals surface area contributed by atoms with Crippen molar-refractivity contribution >= 4 is 21.6 Å². The standard InChI is InChI=1S/C13H19N3O3S/c14-11-3-1-2-4-12(11)20(18,19)16-7-5-10(6-8-16)9-13(15)17/h1-4,10H,5-9,14H2,(H2,15,17). The Hall–Kier alpha value is -1.60. The molecule has 1 aromatic rings. The van der Waals surface area contributed by atoms with Gasteiger partial charge < -0.3 is 11.5 Å². The second-order valence-electron chi connectivity index (χ2n) is 5.06. The van der Waals surface area contributed by atoms with Crippen molar-refractivity contribution < 1.29 is 13.2 Å². The van der Waals surface area contributed by atoms with E-state index in [0.717, 1.165) is 0 Å². The summed E-state index contributed by atoms with van der Waals surface area (Å²) >= 11 is 0. The van der Waals surface area contributed by atoms with E-state index in [1.165, 1.54) is 10.4 Å². The Morgan fingerprint density at radius 2 is 1.85 bits per heavy atom. The van der Waals surface area contributed by atoms with Crippen molar-refractivity contribution in [2.75, 3.05) is 18.8 Å². The molecule has 0 atom stereocenters. The van der Waals surface area contributed by atoms with Gasteiger partial charge in [0.1, 0.15) is 4.90 Å². The van der Waals surface area contributed by atoms with Gasteiger partial charge in [-0.25, -0.2) is 8.42 Å². The highest BCUT2D eigenvalue weighted by molar-refractivity contribution is 7.89. The Labute approximate surface area is 118 Å². The fourth-order valence-electron chi connectivity index (χ4n) is 2.49. The van der Waals surface area contributed by atoms with Crippen LogP contribution in [0.2, 0.25) is 0 Å². The van der Waals surface area contributed by atoms with Crippen molar-refractivity contribution in [1.29, 1.82) is 0 Å².